The molecule has 0 aliphatic rings. The summed E-state index contributed by atoms with van der Waals surface area (Å²) in [5.74, 6) is 0.251. The molecule has 0 saturated carbocycles. The van der Waals surface area contributed by atoms with E-state index in [0.717, 1.165) is 24.3 Å². The summed E-state index contributed by atoms with van der Waals surface area (Å²) in [6.07, 6.45) is -4.46. The van der Waals surface area contributed by atoms with Gasteiger partial charge < -0.3 is 9.47 Å². The first-order valence-corrected chi connectivity index (χ1v) is 5.99. The van der Waals surface area contributed by atoms with Crippen LogP contribution in [0.2, 0.25) is 0 Å². The number of nitro benzene ring substituents is 1. The summed E-state index contributed by atoms with van der Waals surface area (Å²) in [4.78, 5) is 10.3. The van der Waals surface area contributed by atoms with Crippen LogP contribution in [0.15, 0.2) is 42.5 Å². The van der Waals surface area contributed by atoms with Gasteiger partial charge in [-0.05, 0) is 30.3 Å². The maximum atomic E-state index is 12.5. The van der Waals surface area contributed by atoms with Crippen LogP contribution in [0.1, 0.15) is 5.56 Å². The maximum Gasteiger partial charge on any atom is 0.416 e. The molecule has 2 aromatic carbocycles. The van der Waals surface area contributed by atoms with E-state index < -0.39 is 16.7 Å². The second kappa shape index (κ2) is 5.92. The molecule has 0 unspecified atom stereocenters. The van der Waals surface area contributed by atoms with Crippen molar-refractivity contribution in [3.63, 3.8) is 0 Å². The lowest BCUT2D eigenvalue weighted by atomic mass is 10.2. The second-order valence-electron chi connectivity index (χ2n) is 4.21. The van der Waals surface area contributed by atoms with Gasteiger partial charge in [0.1, 0.15) is 11.5 Å². The number of rotatable bonds is 4. The number of halogens is 3. The predicted octanol–water partition coefficient (Wildman–Crippen LogP) is 4.41. The molecule has 116 valence electrons. The van der Waals surface area contributed by atoms with Crippen molar-refractivity contribution in [2.75, 3.05) is 7.11 Å². The first-order valence-electron chi connectivity index (χ1n) is 5.99. The van der Waals surface area contributed by atoms with E-state index in [4.69, 9.17) is 9.47 Å². The third-order valence-corrected chi connectivity index (χ3v) is 2.77. The number of benzene rings is 2. The molecular formula is C14H10F3NO4. The summed E-state index contributed by atoms with van der Waals surface area (Å²) >= 11 is 0. The lowest BCUT2D eigenvalue weighted by Gasteiger charge is -2.10. The van der Waals surface area contributed by atoms with Gasteiger partial charge in [-0.2, -0.15) is 13.2 Å². The molecule has 0 saturated heterocycles. The van der Waals surface area contributed by atoms with Gasteiger partial charge in [-0.25, -0.2) is 0 Å². The molecule has 2 aromatic rings. The van der Waals surface area contributed by atoms with Crippen LogP contribution < -0.4 is 9.47 Å². The summed E-state index contributed by atoms with van der Waals surface area (Å²) in [7, 11) is 1.38. The summed E-state index contributed by atoms with van der Waals surface area (Å²) in [6, 6.07) is 7.71. The molecule has 0 atom stereocenters. The van der Waals surface area contributed by atoms with Gasteiger partial charge in [0.15, 0.2) is 0 Å². The van der Waals surface area contributed by atoms with Crippen molar-refractivity contribution < 1.29 is 27.6 Å². The van der Waals surface area contributed by atoms with Gasteiger partial charge in [-0.1, -0.05) is 0 Å². The van der Waals surface area contributed by atoms with Crippen LogP contribution in [0.4, 0.5) is 18.9 Å². The van der Waals surface area contributed by atoms with E-state index in [9.17, 15) is 23.3 Å². The molecule has 0 aromatic heterocycles. The average Bonchev–Trinajstić information content (AvgIpc) is 2.46. The van der Waals surface area contributed by atoms with E-state index in [0.29, 0.717) is 5.75 Å². The highest BCUT2D eigenvalue weighted by Gasteiger charge is 2.30. The molecule has 0 aliphatic heterocycles. The van der Waals surface area contributed by atoms with E-state index in [1.165, 1.54) is 25.3 Å². The SMILES string of the molecule is COc1ccc([N+](=O)[O-])c(Oc2ccc(C(F)(F)F)cc2)c1. The maximum absolute atomic E-state index is 12.5. The van der Waals surface area contributed by atoms with Gasteiger partial charge >= 0.3 is 11.9 Å². The zero-order valence-corrected chi connectivity index (χ0v) is 11.3. The van der Waals surface area contributed by atoms with E-state index in [1.54, 1.807) is 0 Å². The number of nitrogens with zero attached hydrogens (tertiary/aromatic N) is 1. The van der Waals surface area contributed by atoms with Gasteiger partial charge in [0, 0.05) is 12.1 Å². The largest absolute Gasteiger partial charge is 0.497 e. The molecule has 0 radical (unpaired) electrons. The molecule has 0 bridgehead atoms. The molecule has 0 fully saturated rings. The molecule has 0 aliphatic carbocycles. The van der Waals surface area contributed by atoms with Gasteiger partial charge in [0.2, 0.25) is 5.75 Å². The van der Waals surface area contributed by atoms with Crippen molar-refractivity contribution in [2.24, 2.45) is 0 Å². The highest BCUT2D eigenvalue weighted by Crippen LogP contribution is 2.36. The quantitative estimate of drug-likeness (QED) is 0.619. The third kappa shape index (κ3) is 3.46. The first-order chi connectivity index (χ1) is 10.3. The highest BCUT2D eigenvalue weighted by molar-refractivity contribution is 5.52. The zero-order chi connectivity index (χ0) is 16.3. The molecule has 5 nitrogen and oxygen atoms in total. The average molecular weight is 313 g/mol. The summed E-state index contributed by atoms with van der Waals surface area (Å²) < 4.78 is 47.6. The third-order valence-electron chi connectivity index (χ3n) is 2.77. The number of hydrogen-bond donors (Lipinski definition) is 0. The number of methoxy groups -OCH3 is 1. The Bertz CT molecular complexity index is 683. The Kier molecular flexibility index (Phi) is 4.20. The van der Waals surface area contributed by atoms with E-state index in [2.05, 4.69) is 0 Å². The van der Waals surface area contributed by atoms with Crippen LogP contribution >= 0.6 is 0 Å². The summed E-state index contributed by atoms with van der Waals surface area (Å²) in [5.41, 5.74) is -1.15. The molecule has 8 heteroatoms. The lowest BCUT2D eigenvalue weighted by Crippen LogP contribution is -2.04. The molecule has 22 heavy (non-hydrogen) atoms. The number of alkyl halides is 3. The zero-order valence-electron chi connectivity index (χ0n) is 11.3. The second-order valence-corrected chi connectivity index (χ2v) is 4.21. The standard InChI is InChI=1S/C14H10F3NO4/c1-21-11-6-7-12(18(19)20)13(8-11)22-10-4-2-9(3-5-10)14(15,16)17/h2-8H,1H3. The molecule has 0 N–H and O–H groups in total. The van der Waals surface area contributed by atoms with Crippen LogP contribution in [0.3, 0.4) is 0 Å². The number of nitro groups is 1. The van der Waals surface area contributed by atoms with E-state index >= 15 is 0 Å². The first kappa shape index (κ1) is 15.6. The van der Waals surface area contributed by atoms with E-state index in [1.807, 2.05) is 0 Å². The molecule has 2 rings (SSSR count). The van der Waals surface area contributed by atoms with Crippen LogP contribution in [0, 0.1) is 10.1 Å². The van der Waals surface area contributed by atoms with Gasteiger partial charge in [0.25, 0.3) is 0 Å². The Hall–Kier alpha value is -2.77. The minimum atomic E-state index is -4.46. The minimum absolute atomic E-state index is 0.0457. The van der Waals surface area contributed by atoms with Crippen molar-refractivity contribution >= 4 is 5.69 Å². The fraction of sp³-hybridized carbons (Fsp3) is 0.143. The molecular weight excluding hydrogens is 303 g/mol. The van der Waals surface area contributed by atoms with Crippen LogP contribution in [0.25, 0.3) is 0 Å². The summed E-state index contributed by atoms with van der Waals surface area (Å²) in [5, 5.41) is 10.9. The topological polar surface area (TPSA) is 61.6 Å². The molecule has 0 heterocycles. The van der Waals surface area contributed by atoms with Crippen LogP contribution in [-0.2, 0) is 6.18 Å². The van der Waals surface area contributed by atoms with E-state index in [-0.39, 0.29) is 17.2 Å². The highest BCUT2D eigenvalue weighted by atomic mass is 19.4. The lowest BCUT2D eigenvalue weighted by molar-refractivity contribution is -0.385. The Balaban J connectivity index is 2.32. The van der Waals surface area contributed by atoms with Crippen molar-refractivity contribution in [3.8, 4) is 17.2 Å². The van der Waals surface area contributed by atoms with Crippen LogP contribution in [-0.4, -0.2) is 12.0 Å². The predicted molar refractivity (Wildman–Crippen MR) is 71.2 cm³/mol. The molecule has 0 spiro atoms. The van der Waals surface area contributed by atoms with Gasteiger partial charge in [-0.15, -0.1) is 0 Å². The Morgan fingerprint density at radius 1 is 1.05 bits per heavy atom. The van der Waals surface area contributed by atoms with Crippen molar-refractivity contribution in [3.05, 3.63) is 58.1 Å². The Morgan fingerprint density at radius 2 is 1.64 bits per heavy atom. The van der Waals surface area contributed by atoms with Crippen LogP contribution in [0.5, 0.6) is 17.2 Å². The monoisotopic (exact) mass is 313 g/mol. The van der Waals surface area contributed by atoms with Crippen molar-refractivity contribution in [1.29, 1.82) is 0 Å². The Labute approximate surface area is 123 Å². The fourth-order valence-electron chi connectivity index (χ4n) is 1.69. The fourth-order valence-corrected chi connectivity index (χ4v) is 1.69. The van der Waals surface area contributed by atoms with Gasteiger partial charge in [0.05, 0.1) is 17.6 Å². The Morgan fingerprint density at radius 3 is 2.14 bits per heavy atom. The smallest absolute Gasteiger partial charge is 0.416 e. The number of hydrogen-bond acceptors (Lipinski definition) is 4. The number of ether oxygens (including phenoxy) is 2. The van der Waals surface area contributed by atoms with Crippen molar-refractivity contribution in [1.82, 2.24) is 0 Å². The normalized spacial score (nSPS) is 11.1. The van der Waals surface area contributed by atoms with Crippen molar-refractivity contribution in [2.45, 2.75) is 6.18 Å². The minimum Gasteiger partial charge on any atom is -0.497 e. The molecule has 0 amide bonds. The summed E-state index contributed by atoms with van der Waals surface area (Å²) in [6.45, 7) is 0. The van der Waals surface area contributed by atoms with Gasteiger partial charge in [-0.3, -0.25) is 10.1 Å².